The van der Waals surface area contributed by atoms with Gasteiger partial charge in [-0.3, -0.25) is 0 Å². The highest BCUT2D eigenvalue weighted by molar-refractivity contribution is 5.26. The molecule has 0 unspecified atom stereocenters. The lowest BCUT2D eigenvalue weighted by molar-refractivity contribution is 0.132. The minimum atomic E-state index is 0.254. The Kier molecular flexibility index (Phi) is 3.13. The summed E-state index contributed by atoms with van der Waals surface area (Å²) in [7, 11) is 0. The summed E-state index contributed by atoms with van der Waals surface area (Å²) < 4.78 is 0. The van der Waals surface area contributed by atoms with E-state index in [4.69, 9.17) is 0 Å². The molecule has 0 heterocycles. The van der Waals surface area contributed by atoms with Gasteiger partial charge in [0.2, 0.25) is 0 Å². The lowest BCUT2D eigenvalue weighted by atomic mass is 9.66. The standard InChI is InChI=1S/C14H22O/c1-13(2,3)14(4,5)10-11-6-8-12(15)9-7-11/h6-9,15H,10H2,1-5H3. The van der Waals surface area contributed by atoms with Gasteiger partial charge in [0.15, 0.2) is 0 Å². The molecule has 0 saturated heterocycles. The van der Waals surface area contributed by atoms with E-state index in [1.807, 2.05) is 12.1 Å². The molecule has 15 heavy (non-hydrogen) atoms. The quantitative estimate of drug-likeness (QED) is 0.775. The van der Waals surface area contributed by atoms with Gasteiger partial charge in [-0.2, -0.15) is 0 Å². The second-order valence-electron chi connectivity index (χ2n) is 5.98. The monoisotopic (exact) mass is 206 g/mol. The number of aromatic hydroxyl groups is 1. The fraction of sp³-hybridized carbons (Fsp3) is 0.571. The molecule has 0 amide bonds. The maximum absolute atomic E-state index is 9.21. The molecule has 0 aliphatic rings. The summed E-state index contributed by atoms with van der Waals surface area (Å²) in [4.78, 5) is 0. The van der Waals surface area contributed by atoms with Crippen LogP contribution in [0.2, 0.25) is 0 Å². The maximum Gasteiger partial charge on any atom is 0.115 e. The van der Waals surface area contributed by atoms with Crippen molar-refractivity contribution in [1.29, 1.82) is 0 Å². The van der Waals surface area contributed by atoms with E-state index in [0.29, 0.717) is 5.75 Å². The number of phenolic OH excluding ortho intramolecular Hbond substituents is 1. The van der Waals surface area contributed by atoms with Crippen LogP contribution in [0.3, 0.4) is 0 Å². The SMILES string of the molecule is CC(C)(C)C(C)(C)Cc1ccc(O)cc1. The first-order chi connectivity index (χ1) is 6.72. The van der Waals surface area contributed by atoms with Gasteiger partial charge < -0.3 is 5.11 Å². The molecule has 0 radical (unpaired) electrons. The summed E-state index contributed by atoms with van der Waals surface area (Å²) in [6.07, 6.45) is 1.04. The zero-order chi connectivity index (χ0) is 11.7. The number of hydrogen-bond acceptors (Lipinski definition) is 1. The molecule has 1 N–H and O–H groups in total. The minimum Gasteiger partial charge on any atom is -0.508 e. The number of rotatable bonds is 2. The van der Waals surface area contributed by atoms with Crippen LogP contribution in [-0.2, 0) is 6.42 Å². The molecule has 0 fully saturated rings. The van der Waals surface area contributed by atoms with Gasteiger partial charge in [0.25, 0.3) is 0 Å². The Labute approximate surface area is 93.1 Å². The molecule has 1 heteroatoms. The zero-order valence-corrected chi connectivity index (χ0v) is 10.5. The summed E-state index contributed by atoms with van der Waals surface area (Å²) >= 11 is 0. The highest BCUT2D eigenvalue weighted by atomic mass is 16.3. The van der Waals surface area contributed by atoms with E-state index >= 15 is 0 Å². The fourth-order valence-corrected chi connectivity index (χ4v) is 1.39. The number of hydrogen-bond donors (Lipinski definition) is 1. The Balaban J connectivity index is 2.82. The molecule has 0 spiro atoms. The van der Waals surface area contributed by atoms with Crippen molar-refractivity contribution >= 4 is 0 Å². The predicted octanol–water partition coefficient (Wildman–Crippen LogP) is 4.01. The molecule has 0 aliphatic carbocycles. The first-order valence-corrected chi connectivity index (χ1v) is 5.50. The minimum absolute atomic E-state index is 0.254. The van der Waals surface area contributed by atoms with Gasteiger partial charge in [0.05, 0.1) is 0 Å². The predicted molar refractivity (Wildman–Crippen MR) is 65.0 cm³/mol. The molecule has 0 bridgehead atoms. The van der Waals surface area contributed by atoms with Crippen LogP contribution in [0, 0.1) is 10.8 Å². The van der Waals surface area contributed by atoms with Crippen molar-refractivity contribution in [3.63, 3.8) is 0 Å². The third kappa shape index (κ3) is 2.98. The van der Waals surface area contributed by atoms with E-state index in [-0.39, 0.29) is 10.8 Å². The first kappa shape index (κ1) is 12.1. The second-order valence-corrected chi connectivity index (χ2v) is 5.98. The van der Waals surface area contributed by atoms with Crippen LogP contribution in [0.25, 0.3) is 0 Å². The van der Waals surface area contributed by atoms with Crippen molar-refractivity contribution in [2.75, 3.05) is 0 Å². The van der Waals surface area contributed by atoms with Gasteiger partial charge in [-0.15, -0.1) is 0 Å². The third-order valence-electron chi connectivity index (χ3n) is 3.61. The molecule has 84 valence electrons. The highest BCUT2D eigenvalue weighted by Gasteiger charge is 2.32. The Morgan fingerprint density at radius 2 is 1.40 bits per heavy atom. The van der Waals surface area contributed by atoms with E-state index in [9.17, 15) is 5.11 Å². The first-order valence-electron chi connectivity index (χ1n) is 5.50. The van der Waals surface area contributed by atoms with E-state index in [1.54, 1.807) is 12.1 Å². The van der Waals surface area contributed by atoms with Gasteiger partial charge >= 0.3 is 0 Å². The van der Waals surface area contributed by atoms with Gasteiger partial charge in [0.1, 0.15) is 5.75 Å². The van der Waals surface area contributed by atoms with Gasteiger partial charge in [-0.1, -0.05) is 46.8 Å². The van der Waals surface area contributed by atoms with Crippen LogP contribution >= 0.6 is 0 Å². The Morgan fingerprint density at radius 1 is 0.933 bits per heavy atom. The number of phenols is 1. The van der Waals surface area contributed by atoms with E-state index in [0.717, 1.165) is 6.42 Å². The normalized spacial score (nSPS) is 12.9. The van der Waals surface area contributed by atoms with Crippen molar-refractivity contribution < 1.29 is 5.11 Å². The lowest BCUT2D eigenvalue weighted by Gasteiger charge is -2.39. The van der Waals surface area contributed by atoms with Crippen molar-refractivity contribution in [3.8, 4) is 5.75 Å². The number of benzene rings is 1. The molecular weight excluding hydrogens is 184 g/mol. The molecule has 1 aromatic rings. The summed E-state index contributed by atoms with van der Waals surface area (Å²) in [5.74, 6) is 0.340. The van der Waals surface area contributed by atoms with Crippen molar-refractivity contribution in [2.24, 2.45) is 10.8 Å². The van der Waals surface area contributed by atoms with Gasteiger partial charge in [-0.25, -0.2) is 0 Å². The van der Waals surface area contributed by atoms with Gasteiger partial charge in [0, 0.05) is 0 Å². The largest absolute Gasteiger partial charge is 0.508 e. The second kappa shape index (κ2) is 3.88. The van der Waals surface area contributed by atoms with Crippen LogP contribution in [0.1, 0.15) is 40.2 Å². The van der Waals surface area contributed by atoms with E-state index in [1.165, 1.54) is 5.56 Å². The van der Waals surface area contributed by atoms with Crippen molar-refractivity contribution in [3.05, 3.63) is 29.8 Å². The fourth-order valence-electron chi connectivity index (χ4n) is 1.39. The maximum atomic E-state index is 9.21. The third-order valence-corrected chi connectivity index (χ3v) is 3.61. The highest BCUT2D eigenvalue weighted by Crippen LogP contribution is 2.40. The van der Waals surface area contributed by atoms with Crippen LogP contribution in [0.5, 0.6) is 5.75 Å². The Bertz CT molecular complexity index is 314. The summed E-state index contributed by atoms with van der Waals surface area (Å²) in [6, 6.07) is 7.52. The summed E-state index contributed by atoms with van der Waals surface area (Å²) in [6.45, 7) is 11.4. The van der Waals surface area contributed by atoms with Crippen molar-refractivity contribution in [1.82, 2.24) is 0 Å². The Hall–Kier alpha value is -0.980. The lowest BCUT2D eigenvalue weighted by Crippen LogP contribution is -2.31. The van der Waals surface area contributed by atoms with Gasteiger partial charge in [-0.05, 0) is 34.9 Å². The summed E-state index contributed by atoms with van der Waals surface area (Å²) in [5, 5.41) is 9.21. The van der Waals surface area contributed by atoms with Crippen molar-refractivity contribution in [2.45, 2.75) is 41.0 Å². The average Bonchev–Trinajstić information content (AvgIpc) is 2.06. The molecule has 1 nitrogen and oxygen atoms in total. The molecule has 1 aromatic carbocycles. The molecule has 1 rings (SSSR count). The molecule has 0 atom stereocenters. The van der Waals surface area contributed by atoms with E-state index in [2.05, 4.69) is 34.6 Å². The topological polar surface area (TPSA) is 20.2 Å². The van der Waals surface area contributed by atoms with E-state index < -0.39 is 0 Å². The van der Waals surface area contributed by atoms with Crippen LogP contribution < -0.4 is 0 Å². The van der Waals surface area contributed by atoms with Crippen LogP contribution in [-0.4, -0.2) is 5.11 Å². The van der Waals surface area contributed by atoms with Crippen LogP contribution in [0.15, 0.2) is 24.3 Å². The molecule has 0 aromatic heterocycles. The molecule has 0 aliphatic heterocycles. The average molecular weight is 206 g/mol. The zero-order valence-electron chi connectivity index (χ0n) is 10.5. The summed E-state index contributed by atoms with van der Waals surface area (Å²) in [5.41, 5.74) is 1.82. The smallest absolute Gasteiger partial charge is 0.115 e. The molecular formula is C14H22O. The van der Waals surface area contributed by atoms with Crippen LogP contribution in [0.4, 0.5) is 0 Å². The Morgan fingerprint density at radius 3 is 1.80 bits per heavy atom. The molecule has 0 saturated carbocycles.